The Balaban J connectivity index is 2.19. The van der Waals surface area contributed by atoms with Crippen LogP contribution in [0.3, 0.4) is 0 Å². The summed E-state index contributed by atoms with van der Waals surface area (Å²) in [5.74, 6) is 0.867. The minimum Gasteiger partial charge on any atom is -0.497 e. The van der Waals surface area contributed by atoms with Gasteiger partial charge in [0, 0.05) is 25.9 Å². The van der Waals surface area contributed by atoms with Crippen molar-refractivity contribution in [3.05, 3.63) is 24.3 Å². The number of nitrogens with zero attached hydrogens (tertiary/aromatic N) is 1. The van der Waals surface area contributed by atoms with Gasteiger partial charge in [-0.3, -0.25) is 0 Å². The third kappa shape index (κ3) is 2.23. The molecule has 17 heavy (non-hydrogen) atoms. The van der Waals surface area contributed by atoms with E-state index in [4.69, 9.17) is 15.2 Å². The molecule has 1 saturated heterocycles. The van der Waals surface area contributed by atoms with E-state index >= 15 is 0 Å². The molecule has 1 aliphatic rings. The number of anilines is 1. The van der Waals surface area contributed by atoms with Crippen LogP contribution in [0.25, 0.3) is 0 Å². The largest absolute Gasteiger partial charge is 0.497 e. The second-order valence-electron chi connectivity index (χ2n) is 4.49. The number of ether oxygens (including phenoxy) is 2. The number of rotatable bonds is 4. The van der Waals surface area contributed by atoms with E-state index in [9.17, 15) is 0 Å². The normalized spacial score (nSPS) is 23.7. The van der Waals surface area contributed by atoms with Crippen LogP contribution in [0.4, 0.5) is 5.69 Å². The van der Waals surface area contributed by atoms with Gasteiger partial charge in [0.25, 0.3) is 0 Å². The number of hydrogen-bond acceptors (Lipinski definition) is 4. The number of likely N-dealkylation sites (N-methyl/N-ethyl adjacent to an activating group) is 1. The van der Waals surface area contributed by atoms with Crippen LogP contribution in [0, 0.1) is 0 Å². The quantitative estimate of drug-likeness (QED) is 0.854. The molecule has 94 valence electrons. The first kappa shape index (κ1) is 12.2. The van der Waals surface area contributed by atoms with Gasteiger partial charge < -0.3 is 20.1 Å². The molecular weight excluding hydrogens is 216 g/mol. The Kier molecular flexibility index (Phi) is 3.54. The highest BCUT2D eigenvalue weighted by atomic mass is 16.5. The smallest absolute Gasteiger partial charge is 0.119 e. The van der Waals surface area contributed by atoms with Gasteiger partial charge in [0.05, 0.1) is 19.3 Å². The van der Waals surface area contributed by atoms with Crippen molar-refractivity contribution in [3.63, 3.8) is 0 Å². The SMILES string of the molecule is COc1ccc(N(C)C2(CN)CCOC2)cc1. The zero-order valence-electron chi connectivity index (χ0n) is 10.5. The molecule has 0 radical (unpaired) electrons. The molecular formula is C13H20N2O2. The van der Waals surface area contributed by atoms with Gasteiger partial charge in [-0.05, 0) is 30.7 Å². The highest BCUT2D eigenvalue weighted by molar-refractivity contribution is 5.51. The maximum Gasteiger partial charge on any atom is 0.119 e. The molecule has 1 aliphatic heterocycles. The predicted molar refractivity (Wildman–Crippen MR) is 68.6 cm³/mol. The molecule has 1 atom stereocenters. The molecule has 4 nitrogen and oxygen atoms in total. The van der Waals surface area contributed by atoms with Crippen LogP contribution >= 0.6 is 0 Å². The van der Waals surface area contributed by atoms with Crippen molar-refractivity contribution in [2.75, 3.05) is 38.8 Å². The van der Waals surface area contributed by atoms with Gasteiger partial charge in [-0.1, -0.05) is 0 Å². The number of nitrogens with two attached hydrogens (primary N) is 1. The highest BCUT2D eigenvalue weighted by Crippen LogP contribution is 2.30. The average Bonchev–Trinajstić information content (AvgIpc) is 2.88. The Morgan fingerprint density at radius 2 is 2.12 bits per heavy atom. The topological polar surface area (TPSA) is 47.7 Å². The van der Waals surface area contributed by atoms with Crippen molar-refractivity contribution in [2.45, 2.75) is 12.0 Å². The van der Waals surface area contributed by atoms with Crippen molar-refractivity contribution in [1.29, 1.82) is 0 Å². The lowest BCUT2D eigenvalue weighted by atomic mass is 9.96. The van der Waals surface area contributed by atoms with E-state index in [1.807, 2.05) is 12.1 Å². The second-order valence-corrected chi connectivity index (χ2v) is 4.49. The summed E-state index contributed by atoms with van der Waals surface area (Å²) < 4.78 is 10.7. The summed E-state index contributed by atoms with van der Waals surface area (Å²) in [6.07, 6.45) is 0.978. The summed E-state index contributed by atoms with van der Waals surface area (Å²) >= 11 is 0. The zero-order chi connectivity index (χ0) is 12.3. The molecule has 2 rings (SSSR count). The summed E-state index contributed by atoms with van der Waals surface area (Å²) in [6.45, 7) is 2.10. The van der Waals surface area contributed by atoms with E-state index in [1.165, 1.54) is 0 Å². The third-order valence-electron chi connectivity index (χ3n) is 3.63. The predicted octanol–water partition coefficient (Wildman–Crippen LogP) is 1.25. The first-order valence-electron chi connectivity index (χ1n) is 5.87. The van der Waals surface area contributed by atoms with Crippen molar-refractivity contribution in [1.82, 2.24) is 0 Å². The van der Waals surface area contributed by atoms with Crippen LogP contribution in [0.5, 0.6) is 5.75 Å². The van der Waals surface area contributed by atoms with Crippen LogP contribution in [-0.4, -0.2) is 39.5 Å². The van der Waals surface area contributed by atoms with Crippen LogP contribution in [0.15, 0.2) is 24.3 Å². The highest BCUT2D eigenvalue weighted by Gasteiger charge is 2.37. The monoisotopic (exact) mass is 236 g/mol. The molecule has 1 aromatic rings. The Hall–Kier alpha value is -1.26. The molecule has 0 aromatic heterocycles. The Morgan fingerprint density at radius 3 is 2.59 bits per heavy atom. The van der Waals surface area contributed by atoms with Gasteiger partial charge >= 0.3 is 0 Å². The van der Waals surface area contributed by atoms with Crippen LogP contribution in [-0.2, 0) is 4.74 Å². The van der Waals surface area contributed by atoms with Gasteiger partial charge in [0.15, 0.2) is 0 Å². The van der Waals surface area contributed by atoms with Crippen molar-refractivity contribution in [3.8, 4) is 5.75 Å². The van der Waals surface area contributed by atoms with E-state index < -0.39 is 0 Å². The number of methoxy groups -OCH3 is 1. The molecule has 0 bridgehead atoms. The Bertz CT molecular complexity index is 358. The standard InChI is InChI=1S/C13H20N2O2/c1-15(13(9-14)7-8-17-10-13)11-3-5-12(16-2)6-4-11/h3-6H,7-10,14H2,1-2H3. The van der Waals surface area contributed by atoms with Crippen LogP contribution in [0.1, 0.15) is 6.42 Å². The lowest BCUT2D eigenvalue weighted by molar-refractivity contribution is 0.178. The third-order valence-corrected chi connectivity index (χ3v) is 3.63. The molecule has 0 saturated carbocycles. The summed E-state index contributed by atoms with van der Waals surface area (Å²) in [4.78, 5) is 2.22. The molecule has 4 heteroatoms. The van der Waals surface area contributed by atoms with E-state index in [0.29, 0.717) is 13.2 Å². The summed E-state index contributed by atoms with van der Waals surface area (Å²) in [5.41, 5.74) is 7.00. The van der Waals surface area contributed by atoms with E-state index in [0.717, 1.165) is 24.5 Å². The summed E-state index contributed by atoms with van der Waals surface area (Å²) in [6, 6.07) is 8.03. The van der Waals surface area contributed by atoms with E-state index in [2.05, 4.69) is 24.1 Å². The van der Waals surface area contributed by atoms with Gasteiger partial charge in [0.1, 0.15) is 5.75 Å². The molecule has 1 unspecified atom stereocenters. The Labute approximate surface area is 102 Å². The van der Waals surface area contributed by atoms with E-state index in [1.54, 1.807) is 7.11 Å². The van der Waals surface area contributed by atoms with Crippen molar-refractivity contribution >= 4 is 5.69 Å². The molecule has 2 N–H and O–H groups in total. The first-order chi connectivity index (χ1) is 8.22. The second kappa shape index (κ2) is 4.94. The number of hydrogen-bond donors (Lipinski definition) is 1. The maximum absolute atomic E-state index is 5.92. The lowest BCUT2D eigenvalue weighted by Crippen LogP contribution is -2.53. The van der Waals surface area contributed by atoms with Crippen molar-refractivity contribution < 1.29 is 9.47 Å². The van der Waals surface area contributed by atoms with Crippen LogP contribution in [0.2, 0.25) is 0 Å². The molecule has 1 fully saturated rings. The van der Waals surface area contributed by atoms with E-state index in [-0.39, 0.29) is 5.54 Å². The fourth-order valence-corrected chi connectivity index (χ4v) is 2.24. The first-order valence-corrected chi connectivity index (χ1v) is 5.87. The zero-order valence-corrected chi connectivity index (χ0v) is 10.5. The van der Waals surface area contributed by atoms with Gasteiger partial charge in [-0.25, -0.2) is 0 Å². The Morgan fingerprint density at radius 1 is 1.41 bits per heavy atom. The van der Waals surface area contributed by atoms with Crippen molar-refractivity contribution in [2.24, 2.45) is 5.73 Å². The molecule has 0 amide bonds. The fourth-order valence-electron chi connectivity index (χ4n) is 2.24. The minimum atomic E-state index is -0.0609. The number of benzene rings is 1. The van der Waals surface area contributed by atoms with Gasteiger partial charge in [0.2, 0.25) is 0 Å². The van der Waals surface area contributed by atoms with Crippen LogP contribution < -0.4 is 15.4 Å². The fraction of sp³-hybridized carbons (Fsp3) is 0.538. The maximum atomic E-state index is 5.92. The molecule has 1 aromatic carbocycles. The minimum absolute atomic E-state index is 0.0609. The summed E-state index contributed by atoms with van der Waals surface area (Å²) in [7, 11) is 3.74. The average molecular weight is 236 g/mol. The molecule has 0 aliphatic carbocycles. The van der Waals surface area contributed by atoms with Gasteiger partial charge in [-0.15, -0.1) is 0 Å². The lowest BCUT2D eigenvalue weighted by Gasteiger charge is -2.38. The molecule has 0 spiro atoms. The van der Waals surface area contributed by atoms with Gasteiger partial charge in [-0.2, -0.15) is 0 Å². The summed E-state index contributed by atoms with van der Waals surface area (Å²) in [5, 5.41) is 0. The molecule has 1 heterocycles.